The van der Waals surface area contributed by atoms with Crippen molar-refractivity contribution in [2.24, 2.45) is 0 Å². The maximum absolute atomic E-state index is 5.83. The van der Waals surface area contributed by atoms with E-state index in [1.807, 2.05) is 26.1 Å². The third-order valence-electron chi connectivity index (χ3n) is 3.86. The highest BCUT2D eigenvalue weighted by Gasteiger charge is 2.13. The van der Waals surface area contributed by atoms with Crippen LogP contribution in [0.25, 0.3) is 11.2 Å². The molecular formula is C18H22N4O2. The Morgan fingerprint density at radius 1 is 1.25 bits per heavy atom. The topological polar surface area (TPSA) is 64.3 Å². The molecule has 0 aliphatic rings. The number of rotatable bonds is 7. The average molecular weight is 326 g/mol. The van der Waals surface area contributed by atoms with Gasteiger partial charge in [-0.3, -0.25) is 0 Å². The van der Waals surface area contributed by atoms with Gasteiger partial charge in [0, 0.05) is 20.5 Å². The average Bonchev–Trinajstić information content (AvgIpc) is 2.98. The van der Waals surface area contributed by atoms with Crippen molar-refractivity contribution in [2.45, 2.75) is 26.7 Å². The molecule has 0 fully saturated rings. The van der Waals surface area contributed by atoms with Crippen molar-refractivity contribution in [1.82, 2.24) is 15.0 Å². The summed E-state index contributed by atoms with van der Waals surface area (Å²) in [6.07, 6.45) is 3.40. The van der Waals surface area contributed by atoms with Crippen molar-refractivity contribution in [3.63, 3.8) is 0 Å². The molecule has 0 N–H and O–H groups in total. The molecule has 0 unspecified atom stereocenters. The fourth-order valence-corrected chi connectivity index (χ4v) is 2.58. The lowest BCUT2D eigenvalue weighted by atomic mass is 10.2. The Balaban J connectivity index is 1.56. The molecular weight excluding hydrogens is 304 g/mol. The number of hydrogen-bond donors (Lipinski definition) is 0. The van der Waals surface area contributed by atoms with Gasteiger partial charge in [0.15, 0.2) is 17.2 Å². The fraction of sp³-hybridized carbons (Fsp3) is 0.389. The second kappa shape index (κ2) is 7.29. The van der Waals surface area contributed by atoms with E-state index in [0.717, 1.165) is 31.0 Å². The molecule has 1 aromatic carbocycles. The number of anilines is 1. The Bertz CT molecular complexity index is 816. The molecule has 0 aliphatic heterocycles. The van der Waals surface area contributed by atoms with E-state index in [0.29, 0.717) is 23.7 Å². The quantitative estimate of drug-likeness (QED) is 0.620. The predicted octanol–water partition coefficient (Wildman–Crippen LogP) is 3.39. The van der Waals surface area contributed by atoms with Crippen LogP contribution in [0, 0.1) is 6.92 Å². The molecule has 0 spiro atoms. The second-order valence-electron chi connectivity index (χ2n) is 5.71. The van der Waals surface area contributed by atoms with Crippen molar-refractivity contribution >= 4 is 17.0 Å². The van der Waals surface area contributed by atoms with Crippen LogP contribution in [-0.4, -0.2) is 35.2 Å². The first-order valence-corrected chi connectivity index (χ1v) is 8.18. The van der Waals surface area contributed by atoms with Gasteiger partial charge in [-0.05, 0) is 30.5 Å². The van der Waals surface area contributed by atoms with Crippen LogP contribution in [0.2, 0.25) is 0 Å². The standard InChI is InChI=1S/C18H22N4O2/c1-4-14-7-5-8-15(11-14)23-10-6-9-22(3)17-16-18(20-12-19-17)24-13(2)21-16/h5,7-8,11-12H,4,6,9-10H2,1-3H3. The van der Waals surface area contributed by atoms with Crippen LogP contribution in [-0.2, 0) is 6.42 Å². The Labute approximate surface area is 141 Å². The Morgan fingerprint density at radius 2 is 2.12 bits per heavy atom. The van der Waals surface area contributed by atoms with Crippen molar-refractivity contribution in [1.29, 1.82) is 0 Å². The van der Waals surface area contributed by atoms with Crippen LogP contribution in [0.3, 0.4) is 0 Å². The molecule has 0 aliphatic carbocycles. The van der Waals surface area contributed by atoms with Crippen molar-refractivity contribution < 1.29 is 9.15 Å². The summed E-state index contributed by atoms with van der Waals surface area (Å²) in [4.78, 5) is 14.9. The van der Waals surface area contributed by atoms with Gasteiger partial charge < -0.3 is 14.1 Å². The molecule has 24 heavy (non-hydrogen) atoms. The lowest BCUT2D eigenvalue weighted by molar-refractivity contribution is 0.312. The highest BCUT2D eigenvalue weighted by atomic mass is 16.5. The molecule has 2 aromatic heterocycles. The zero-order valence-electron chi connectivity index (χ0n) is 14.3. The number of hydrogen-bond acceptors (Lipinski definition) is 6. The number of nitrogens with zero attached hydrogens (tertiary/aromatic N) is 4. The summed E-state index contributed by atoms with van der Waals surface area (Å²) in [7, 11) is 1.99. The van der Waals surface area contributed by atoms with Crippen LogP contribution in [0.15, 0.2) is 35.0 Å². The molecule has 6 nitrogen and oxygen atoms in total. The third-order valence-corrected chi connectivity index (χ3v) is 3.86. The number of aromatic nitrogens is 3. The summed E-state index contributed by atoms with van der Waals surface area (Å²) >= 11 is 0. The lowest BCUT2D eigenvalue weighted by Crippen LogP contribution is -2.21. The van der Waals surface area contributed by atoms with Crippen molar-refractivity contribution in [3.05, 3.63) is 42.0 Å². The van der Waals surface area contributed by atoms with Gasteiger partial charge in [0.25, 0.3) is 5.71 Å². The number of aryl methyl sites for hydroxylation is 2. The van der Waals surface area contributed by atoms with Crippen molar-refractivity contribution in [3.8, 4) is 5.75 Å². The number of oxazole rings is 1. The molecule has 0 radical (unpaired) electrons. The lowest BCUT2D eigenvalue weighted by Gasteiger charge is -2.17. The Morgan fingerprint density at radius 3 is 2.96 bits per heavy atom. The first kappa shape index (κ1) is 16.2. The van der Waals surface area contributed by atoms with Gasteiger partial charge in [0.2, 0.25) is 0 Å². The van der Waals surface area contributed by atoms with Crippen LogP contribution in [0.5, 0.6) is 5.75 Å². The molecule has 0 atom stereocenters. The zero-order valence-corrected chi connectivity index (χ0v) is 14.3. The van der Waals surface area contributed by atoms with E-state index in [9.17, 15) is 0 Å². The molecule has 0 amide bonds. The number of benzene rings is 1. The van der Waals surface area contributed by atoms with Gasteiger partial charge in [-0.1, -0.05) is 19.1 Å². The van der Waals surface area contributed by atoms with Gasteiger partial charge in [0.05, 0.1) is 6.61 Å². The molecule has 0 saturated carbocycles. The zero-order chi connectivity index (χ0) is 16.9. The molecule has 3 aromatic rings. The third kappa shape index (κ3) is 3.64. The first-order valence-electron chi connectivity index (χ1n) is 8.18. The summed E-state index contributed by atoms with van der Waals surface area (Å²) < 4.78 is 11.3. The van der Waals surface area contributed by atoms with E-state index in [2.05, 4.69) is 38.9 Å². The molecule has 3 rings (SSSR count). The van der Waals surface area contributed by atoms with Gasteiger partial charge >= 0.3 is 0 Å². The van der Waals surface area contributed by atoms with Gasteiger partial charge in [-0.15, -0.1) is 0 Å². The van der Waals surface area contributed by atoms with Crippen LogP contribution >= 0.6 is 0 Å². The highest BCUT2D eigenvalue weighted by Crippen LogP contribution is 2.22. The minimum atomic E-state index is 0.525. The molecule has 2 heterocycles. The fourth-order valence-electron chi connectivity index (χ4n) is 2.58. The summed E-state index contributed by atoms with van der Waals surface area (Å²) in [5.74, 6) is 2.30. The van der Waals surface area contributed by atoms with Crippen molar-refractivity contribution in [2.75, 3.05) is 25.1 Å². The van der Waals surface area contributed by atoms with E-state index >= 15 is 0 Å². The first-order chi connectivity index (χ1) is 11.7. The summed E-state index contributed by atoms with van der Waals surface area (Å²) in [6.45, 7) is 5.42. The Hall–Kier alpha value is -2.63. The molecule has 0 saturated heterocycles. The highest BCUT2D eigenvalue weighted by molar-refractivity contribution is 5.81. The van der Waals surface area contributed by atoms with E-state index < -0.39 is 0 Å². The Kier molecular flexibility index (Phi) is 4.93. The molecule has 126 valence electrons. The largest absolute Gasteiger partial charge is 0.494 e. The summed E-state index contributed by atoms with van der Waals surface area (Å²) in [6, 6.07) is 8.23. The monoisotopic (exact) mass is 326 g/mol. The van der Waals surface area contributed by atoms with E-state index in [1.165, 1.54) is 11.9 Å². The maximum atomic E-state index is 5.83. The minimum Gasteiger partial charge on any atom is -0.494 e. The molecule has 6 heteroatoms. The van der Waals surface area contributed by atoms with Crippen LogP contribution in [0.4, 0.5) is 5.82 Å². The molecule has 0 bridgehead atoms. The van der Waals surface area contributed by atoms with Gasteiger partial charge in [-0.2, -0.15) is 4.98 Å². The summed E-state index contributed by atoms with van der Waals surface area (Å²) in [5.41, 5.74) is 2.51. The van der Waals surface area contributed by atoms with E-state index in [1.54, 1.807) is 0 Å². The normalized spacial score (nSPS) is 11.0. The second-order valence-corrected chi connectivity index (χ2v) is 5.71. The summed E-state index contributed by atoms with van der Waals surface area (Å²) in [5, 5.41) is 0. The maximum Gasteiger partial charge on any atom is 0.252 e. The smallest absolute Gasteiger partial charge is 0.252 e. The van der Waals surface area contributed by atoms with Crippen LogP contribution < -0.4 is 9.64 Å². The van der Waals surface area contributed by atoms with Gasteiger partial charge in [0.1, 0.15) is 12.1 Å². The minimum absolute atomic E-state index is 0.525. The van der Waals surface area contributed by atoms with E-state index in [-0.39, 0.29) is 0 Å². The predicted molar refractivity (Wildman–Crippen MR) is 93.5 cm³/mol. The van der Waals surface area contributed by atoms with Gasteiger partial charge in [-0.25, -0.2) is 9.97 Å². The van der Waals surface area contributed by atoms with E-state index in [4.69, 9.17) is 9.15 Å². The number of ether oxygens (including phenoxy) is 1. The SMILES string of the molecule is CCc1cccc(OCCCN(C)c2ncnc3oc(C)nc23)c1. The number of fused-ring (bicyclic) bond motifs is 1. The van der Waals surface area contributed by atoms with Crippen LogP contribution in [0.1, 0.15) is 24.8 Å².